The van der Waals surface area contributed by atoms with Gasteiger partial charge in [0.15, 0.2) is 0 Å². The van der Waals surface area contributed by atoms with E-state index in [0.29, 0.717) is 36.2 Å². The molecule has 1 aromatic heterocycles. The Balaban J connectivity index is 1.57. The maximum absolute atomic E-state index is 13.5. The van der Waals surface area contributed by atoms with Gasteiger partial charge in [-0.15, -0.1) is 0 Å². The van der Waals surface area contributed by atoms with Crippen molar-refractivity contribution in [1.82, 2.24) is 9.55 Å². The van der Waals surface area contributed by atoms with Crippen LogP contribution < -0.4 is 10.5 Å². The van der Waals surface area contributed by atoms with Gasteiger partial charge in [0.25, 0.3) is 5.56 Å². The van der Waals surface area contributed by atoms with Crippen LogP contribution in [0.4, 0.5) is 5.69 Å². The summed E-state index contributed by atoms with van der Waals surface area (Å²) in [6, 6.07) is 23.8. The highest BCUT2D eigenvalue weighted by Gasteiger charge is 2.37. The number of benzene rings is 3. The lowest BCUT2D eigenvalue weighted by molar-refractivity contribution is -0.119. The largest absolute Gasteiger partial charge is 0.312 e. The van der Waals surface area contributed by atoms with Crippen LogP contribution in [0, 0.1) is 6.92 Å². The van der Waals surface area contributed by atoms with E-state index in [4.69, 9.17) is 4.98 Å². The van der Waals surface area contributed by atoms with Gasteiger partial charge in [-0.3, -0.25) is 14.2 Å². The molecule has 1 aliphatic heterocycles. The van der Waals surface area contributed by atoms with E-state index < -0.39 is 0 Å². The van der Waals surface area contributed by atoms with Gasteiger partial charge in [-0.05, 0) is 49.1 Å². The normalized spacial score (nSPS) is 15.2. The third-order valence-electron chi connectivity index (χ3n) is 6.65. The summed E-state index contributed by atoms with van der Waals surface area (Å²) in [6.07, 6.45) is 2.02. The minimum atomic E-state index is -0.336. The van der Waals surface area contributed by atoms with Crippen molar-refractivity contribution in [1.29, 1.82) is 0 Å². The Morgan fingerprint density at radius 2 is 1.68 bits per heavy atom. The second-order valence-corrected chi connectivity index (χ2v) is 9.05. The molecule has 4 aromatic rings. The predicted molar refractivity (Wildman–Crippen MR) is 136 cm³/mol. The van der Waals surface area contributed by atoms with E-state index in [-0.39, 0.29) is 17.4 Å². The number of rotatable bonds is 7. The lowest BCUT2D eigenvalue weighted by Crippen LogP contribution is -2.32. The van der Waals surface area contributed by atoms with E-state index in [2.05, 4.69) is 37.3 Å². The van der Waals surface area contributed by atoms with Gasteiger partial charge in [-0.2, -0.15) is 0 Å². The molecule has 0 radical (unpaired) electrons. The smallest absolute Gasteiger partial charge is 0.261 e. The molecule has 34 heavy (non-hydrogen) atoms. The molecule has 5 nitrogen and oxygen atoms in total. The third-order valence-corrected chi connectivity index (χ3v) is 6.65. The minimum Gasteiger partial charge on any atom is -0.312 e. The minimum absolute atomic E-state index is 0.0446. The summed E-state index contributed by atoms with van der Waals surface area (Å²) < 4.78 is 1.78. The van der Waals surface area contributed by atoms with Crippen LogP contribution in [0.3, 0.4) is 0 Å². The van der Waals surface area contributed by atoms with Gasteiger partial charge >= 0.3 is 0 Å². The lowest BCUT2D eigenvalue weighted by Gasteiger charge is -2.18. The van der Waals surface area contributed by atoms with E-state index in [1.807, 2.05) is 54.3 Å². The number of amides is 1. The highest BCUT2D eigenvalue weighted by Crippen LogP contribution is 2.39. The summed E-state index contributed by atoms with van der Waals surface area (Å²) in [7, 11) is 0. The number of anilines is 1. The molecule has 0 N–H and O–H groups in total. The number of aromatic nitrogens is 2. The summed E-state index contributed by atoms with van der Waals surface area (Å²) in [5, 5.41) is 0.612. The molecule has 1 aliphatic rings. The Morgan fingerprint density at radius 3 is 2.47 bits per heavy atom. The van der Waals surface area contributed by atoms with Gasteiger partial charge < -0.3 is 4.90 Å². The Morgan fingerprint density at radius 1 is 0.912 bits per heavy atom. The van der Waals surface area contributed by atoms with Gasteiger partial charge in [-0.1, -0.05) is 67.1 Å². The van der Waals surface area contributed by atoms with Crippen molar-refractivity contribution in [2.45, 2.75) is 45.6 Å². The zero-order valence-electron chi connectivity index (χ0n) is 19.7. The maximum Gasteiger partial charge on any atom is 0.261 e. The van der Waals surface area contributed by atoms with Gasteiger partial charge in [0.2, 0.25) is 5.91 Å². The van der Waals surface area contributed by atoms with Crippen LogP contribution in [-0.4, -0.2) is 22.0 Å². The van der Waals surface area contributed by atoms with Crippen molar-refractivity contribution in [2.24, 2.45) is 0 Å². The molecule has 5 heteroatoms. The second-order valence-electron chi connectivity index (χ2n) is 9.05. The molecule has 0 fully saturated rings. The van der Waals surface area contributed by atoms with Crippen LogP contribution in [0.5, 0.6) is 0 Å². The fourth-order valence-electron chi connectivity index (χ4n) is 4.96. The molecule has 3 aromatic carbocycles. The number of carbonyl (C=O) groups excluding carboxylic acids is 1. The van der Waals surface area contributed by atoms with Crippen molar-refractivity contribution >= 4 is 22.5 Å². The lowest BCUT2D eigenvalue weighted by atomic mass is 9.95. The van der Waals surface area contributed by atoms with Crippen molar-refractivity contribution in [2.75, 3.05) is 11.4 Å². The molecule has 0 spiro atoms. The molecule has 1 unspecified atom stereocenters. The highest BCUT2D eigenvalue weighted by molar-refractivity contribution is 6.05. The van der Waals surface area contributed by atoms with Crippen LogP contribution in [0.25, 0.3) is 10.9 Å². The number of fused-ring (bicyclic) bond motifs is 2. The van der Waals surface area contributed by atoms with E-state index in [1.165, 1.54) is 5.56 Å². The molecule has 2 heterocycles. The van der Waals surface area contributed by atoms with Crippen LogP contribution in [0.2, 0.25) is 0 Å². The summed E-state index contributed by atoms with van der Waals surface area (Å²) >= 11 is 0. The van der Waals surface area contributed by atoms with Gasteiger partial charge in [0, 0.05) is 25.2 Å². The maximum atomic E-state index is 13.5. The first-order valence-electron chi connectivity index (χ1n) is 12.0. The Kier molecular flexibility index (Phi) is 6.01. The first-order chi connectivity index (χ1) is 16.6. The van der Waals surface area contributed by atoms with Gasteiger partial charge in [0.1, 0.15) is 5.82 Å². The standard InChI is InChI=1S/C29H29N3O2/c1-3-16-31-26-14-13-20(2)18-23(26)24(29(31)34)19-27-30-25-12-8-7-11-22(25)28(33)32(27)17-15-21-9-5-4-6-10-21/h4-14,18,24H,3,15-17,19H2,1-2H3. The van der Waals surface area contributed by atoms with Crippen molar-refractivity contribution < 1.29 is 4.79 Å². The van der Waals surface area contributed by atoms with Crippen molar-refractivity contribution in [3.05, 3.63) is 106 Å². The first kappa shape index (κ1) is 22.1. The molecule has 5 rings (SSSR count). The van der Waals surface area contributed by atoms with Crippen LogP contribution in [0.1, 0.15) is 41.8 Å². The fourth-order valence-corrected chi connectivity index (χ4v) is 4.96. The third kappa shape index (κ3) is 4.03. The molecule has 1 amide bonds. The quantitative estimate of drug-likeness (QED) is 0.396. The zero-order valence-corrected chi connectivity index (χ0v) is 19.7. The van der Waals surface area contributed by atoms with Crippen LogP contribution in [-0.2, 0) is 24.2 Å². The van der Waals surface area contributed by atoms with Crippen molar-refractivity contribution in [3.63, 3.8) is 0 Å². The summed E-state index contributed by atoms with van der Waals surface area (Å²) in [5.41, 5.74) is 4.95. The topological polar surface area (TPSA) is 55.2 Å². The average Bonchev–Trinajstić information content (AvgIpc) is 3.10. The molecular weight excluding hydrogens is 422 g/mol. The highest BCUT2D eigenvalue weighted by atomic mass is 16.2. The monoisotopic (exact) mass is 451 g/mol. The number of carbonyl (C=O) groups is 1. The molecule has 0 aliphatic carbocycles. The number of hydrogen-bond donors (Lipinski definition) is 0. The number of hydrogen-bond acceptors (Lipinski definition) is 3. The van der Waals surface area contributed by atoms with E-state index in [1.54, 1.807) is 4.57 Å². The fraction of sp³-hybridized carbons (Fsp3) is 0.276. The van der Waals surface area contributed by atoms with E-state index in [9.17, 15) is 9.59 Å². The summed E-state index contributed by atoms with van der Waals surface area (Å²) in [5.74, 6) is 0.431. The number of aryl methyl sites for hydroxylation is 2. The Bertz CT molecular complexity index is 1410. The molecule has 0 saturated carbocycles. The SMILES string of the molecule is CCCN1C(=O)C(Cc2nc3ccccc3c(=O)n2CCc2ccccc2)c2cc(C)ccc21. The molecule has 0 bridgehead atoms. The molecule has 0 saturated heterocycles. The van der Waals surface area contributed by atoms with Crippen LogP contribution in [0.15, 0.2) is 77.6 Å². The first-order valence-corrected chi connectivity index (χ1v) is 12.0. The number of nitrogens with zero attached hydrogens (tertiary/aromatic N) is 3. The summed E-state index contributed by atoms with van der Waals surface area (Å²) in [4.78, 5) is 33.8. The van der Waals surface area contributed by atoms with Gasteiger partial charge in [-0.25, -0.2) is 4.98 Å². The van der Waals surface area contributed by atoms with Crippen LogP contribution >= 0.6 is 0 Å². The predicted octanol–water partition coefficient (Wildman–Crippen LogP) is 5.03. The van der Waals surface area contributed by atoms with Crippen molar-refractivity contribution in [3.8, 4) is 0 Å². The molecule has 1 atom stereocenters. The summed E-state index contributed by atoms with van der Waals surface area (Å²) in [6.45, 7) is 5.35. The number of para-hydroxylation sites is 1. The molecular formula is C29H29N3O2. The average molecular weight is 452 g/mol. The zero-order chi connectivity index (χ0) is 23.7. The van der Waals surface area contributed by atoms with Gasteiger partial charge in [0.05, 0.1) is 16.8 Å². The second kappa shape index (κ2) is 9.26. The van der Waals surface area contributed by atoms with E-state index in [0.717, 1.165) is 29.7 Å². The Hall–Kier alpha value is -3.73. The van der Waals surface area contributed by atoms with E-state index >= 15 is 0 Å². The molecule has 172 valence electrons. The Labute approximate surface area is 199 Å².